The van der Waals surface area contributed by atoms with E-state index in [2.05, 4.69) is 76.2 Å². The van der Waals surface area contributed by atoms with Gasteiger partial charge in [-0.1, -0.05) is 69.2 Å². The van der Waals surface area contributed by atoms with Crippen molar-refractivity contribution in [2.75, 3.05) is 0 Å². The molecule has 0 heterocycles. The smallest absolute Gasteiger partial charge is 0.0751 e. The summed E-state index contributed by atoms with van der Waals surface area (Å²) in [5.74, 6) is 0. The third-order valence-corrected chi connectivity index (χ3v) is 9.10. The van der Waals surface area contributed by atoms with Crippen LogP contribution in [0.2, 0.25) is 0 Å². The van der Waals surface area contributed by atoms with Crippen LogP contribution < -0.4 is 5.73 Å². The number of hydrogen-bond donors (Lipinski definition) is 2. The van der Waals surface area contributed by atoms with Gasteiger partial charge in [0, 0.05) is 16.4 Å². The number of rotatable bonds is 0. The Morgan fingerprint density at radius 3 is 1.29 bits per heavy atom. The highest BCUT2D eigenvalue weighted by molar-refractivity contribution is 5.28. The summed E-state index contributed by atoms with van der Waals surface area (Å²) in [5, 5.41) is 11.8. The quantitative estimate of drug-likeness (QED) is 0.686. The van der Waals surface area contributed by atoms with E-state index in [9.17, 15) is 5.11 Å². The van der Waals surface area contributed by atoms with Crippen LogP contribution in [0.3, 0.4) is 0 Å². The van der Waals surface area contributed by atoms with E-state index in [1.807, 2.05) is 6.92 Å². The highest BCUT2D eigenvalue weighted by atomic mass is 16.3. The molecule has 0 aromatic carbocycles. The van der Waals surface area contributed by atoms with Gasteiger partial charge in [-0.25, -0.2) is 0 Å². The molecule has 0 radical (unpaired) electrons. The highest BCUT2D eigenvalue weighted by Crippen LogP contribution is 2.75. The minimum absolute atomic E-state index is 0.0506. The first-order valence-electron chi connectivity index (χ1n) is 8.26. The van der Waals surface area contributed by atoms with Crippen LogP contribution in [0.15, 0.2) is 0 Å². The Morgan fingerprint density at radius 1 is 0.667 bits per heavy atom. The molecule has 2 nitrogen and oxygen atoms in total. The summed E-state index contributed by atoms with van der Waals surface area (Å²) in [5.41, 5.74) is 4.48. The Kier molecular flexibility index (Phi) is 3.67. The normalized spacial score (nSPS) is 45.4. The molecule has 1 aliphatic carbocycles. The monoisotopic (exact) mass is 297 g/mol. The summed E-state index contributed by atoms with van der Waals surface area (Å²) in [6.45, 7) is 26.5. The van der Waals surface area contributed by atoms with Gasteiger partial charge >= 0.3 is 0 Å². The Balaban J connectivity index is 3.93. The van der Waals surface area contributed by atoms with Crippen LogP contribution in [-0.2, 0) is 0 Å². The molecule has 0 aromatic rings. The fraction of sp³-hybridized carbons (Fsp3) is 1.00. The largest absolute Gasteiger partial charge is 0.389 e. The van der Waals surface area contributed by atoms with Crippen molar-refractivity contribution in [3.05, 3.63) is 0 Å². The van der Waals surface area contributed by atoms with Crippen LogP contribution >= 0.6 is 0 Å². The summed E-state index contributed by atoms with van der Waals surface area (Å²) in [6, 6.07) is 0. The number of nitrogens with two attached hydrogens (primary N) is 1. The third kappa shape index (κ3) is 1.62. The topological polar surface area (TPSA) is 46.2 Å². The Morgan fingerprint density at radius 2 is 1.00 bits per heavy atom. The maximum atomic E-state index is 11.8. The third-order valence-electron chi connectivity index (χ3n) is 9.10. The van der Waals surface area contributed by atoms with E-state index < -0.39 is 16.6 Å². The molecule has 2 heteroatoms. The second-order valence-electron chi connectivity index (χ2n) is 10.5. The van der Waals surface area contributed by atoms with Gasteiger partial charge in [0.25, 0.3) is 0 Å². The fourth-order valence-corrected chi connectivity index (χ4v) is 5.46. The Labute approximate surface area is 132 Å². The number of aliphatic hydroxyl groups is 1. The summed E-state index contributed by atoms with van der Waals surface area (Å²) < 4.78 is 0. The van der Waals surface area contributed by atoms with Gasteiger partial charge in [-0.05, 0) is 30.1 Å². The Bertz CT molecular complexity index is 403. The van der Waals surface area contributed by atoms with Crippen LogP contribution in [0.25, 0.3) is 0 Å². The van der Waals surface area contributed by atoms with E-state index in [-0.39, 0.29) is 21.7 Å². The first-order chi connectivity index (χ1) is 8.75. The van der Waals surface area contributed by atoms with Gasteiger partial charge in [-0.3, -0.25) is 0 Å². The first-order valence-corrected chi connectivity index (χ1v) is 8.26. The van der Waals surface area contributed by atoms with Gasteiger partial charge < -0.3 is 10.8 Å². The zero-order chi connectivity index (χ0) is 17.5. The van der Waals surface area contributed by atoms with Crippen LogP contribution in [0, 0.1) is 27.1 Å². The molecule has 3 N–H and O–H groups in total. The second-order valence-corrected chi connectivity index (χ2v) is 10.5. The van der Waals surface area contributed by atoms with E-state index in [4.69, 9.17) is 5.73 Å². The first kappa shape index (κ1) is 19.0. The van der Waals surface area contributed by atoms with E-state index in [0.717, 1.165) is 0 Å². The predicted molar refractivity (Wildman–Crippen MR) is 92.1 cm³/mol. The molecule has 0 saturated heterocycles. The molecule has 1 saturated carbocycles. The molecule has 0 spiro atoms. The van der Waals surface area contributed by atoms with Crippen LogP contribution in [-0.4, -0.2) is 16.2 Å². The minimum Gasteiger partial charge on any atom is -0.389 e. The molecule has 0 bridgehead atoms. The zero-order valence-electron chi connectivity index (χ0n) is 16.5. The fourth-order valence-electron chi connectivity index (χ4n) is 5.46. The lowest BCUT2D eigenvalue weighted by Gasteiger charge is -2.78. The van der Waals surface area contributed by atoms with Gasteiger partial charge in [-0.15, -0.1) is 0 Å². The van der Waals surface area contributed by atoms with Crippen molar-refractivity contribution in [1.82, 2.24) is 0 Å². The standard InChI is InChI=1S/C19H39NO/c1-13(2,3)17(10)14(4,5)15(6,7)18(11,20)16(8,9)19(17,12)21/h21H,20H2,1-12H3/t17-,18-,19-/m1/s1. The lowest BCUT2D eigenvalue weighted by molar-refractivity contribution is -0.326. The predicted octanol–water partition coefficient (Wildman–Crippen LogP) is 4.60. The van der Waals surface area contributed by atoms with Gasteiger partial charge in [0.15, 0.2) is 0 Å². The summed E-state index contributed by atoms with van der Waals surface area (Å²) in [4.78, 5) is 0. The van der Waals surface area contributed by atoms with E-state index in [0.29, 0.717) is 0 Å². The summed E-state index contributed by atoms with van der Waals surface area (Å²) in [6.07, 6.45) is 0. The summed E-state index contributed by atoms with van der Waals surface area (Å²) >= 11 is 0. The van der Waals surface area contributed by atoms with Crippen molar-refractivity contribution in [2.24, 2.45) is 32.8 Å². The average molecular weight is 298 g/mol. The van der Waals surface area contributed by atoms with Crippen molar-refractivity contribution in [2.45, 2.75) is 94.2 Å². The van der Waals surface area contributed by atoms with E-state index >= 15 is 0 Å². The van der Waals surface area contributed by atoms with Gasteiger partial charge in [0.1, 0.15) is 0 Å². The van der Waals surface area contributed by atoms with Crippen molar-refractivity contribution >= 4 is 0 Å². The minimum atomic E-state index is -0.888. The molecule has 0 aromatic heterocycles. The summed E-state index contributed by atoms with van der Waals surface area (Å²) in [7, 11) is 0. The van der Waals surface area contributed by atoms with Gasteiger partial charge in [-0.2, -0.15) is 0 Å². The molecule has 21 heavy (non-hydrogen) atoms. The maximum Gasteiger partial charge on any atom is 0.0751 e. The highest BCUT2D eigenvalue weighted by Gasteiger charge is 2.77. The Hall–Kier alpha value is -0.0800. The lowest BCUT2D eigenvalue weighted by atomic mass is 9.29. The molecule has 1 rings (SSSR count). The van der Waals surface area contributed by atoms with Crippen molar-refractivity contribution in [3.63, 3.8) is 0 Å². The molecule has 1 aliphatic rings. The molecular weight excluding hydrogens is 258 g/mol. The molecule has 0 unspecified atom stereocenters. The van der Waals surface area contributed by atoms with Gasteiger partial charge in [0.2, 0.25) is 0 Å². The van der Waals surface area contributed by atoms with Crippen molar-refractivity contribution < 1.29 is 5.11 Å². The van der Waals surface area contributed by atoms with E-state index in [1.165, 1.54) is 0 Å². The SMILES string of the molecule is CC1(C)C(C)(C)[C@@](C)(C(C)(C)C)[C@](C)(O)C(C)(C)[C@]1(C)N. The second kappa shape index (κ2) is 4.06. The zero-order valence-corrected chi connectivity index (χ0v) is 16.5. The van der Waals surface area contributed by atoms with Gasteiger partial charge in [0.05, 0.1) is 5.60 Å². The van der Waals surface area contributed by atoms with Crippen molar-refractivity contribution in [1.29, 1.82) is 0 Å². The lowest BCUT2D eigenvalue weighted by Crippen LogP contribution is -2.83. The molecule has 1 fully saturated rings. The maximum absolute atomic E-state index is 11.8. The van der Waals surface area contributed by atoms with Crippen LogP contribution in [0.5, 0.6) is 0 Å². The molecule has 0 amide bonds. The number of hydrogen-bond acceptors (Lipinski definition) is 2. The van der Waals surface area contributed by atoms with Crippen LogP contribution in [0.4, 0.5) is 0 Å². The van der Waals surface area contributed by atoms with Crippen LogP contribution in [0.1, 0.15) is 83.1 Å². The molecular formula is C19H39NO. The molecule has 3 atom stereocenters. The van der Waals surface area contributed by atoms with E-state index in [1.54, 1.807) is 0 Å². The molecule has 126 valence electrons. The van der Waals surface area contributed by atoms with Crippen molar-refractivity contribution in [3.8, 4) is 0 Å². The average Bonchev–Trinajstić information content (AvgIpc) is 2.23. The molecule has 0 aliphatic heterocycles.